The third-order valence-corrected chi connectivity index (χ3v) is 1.61. The van der Waals surface area contributed by atoms with Crippen LogP contribution in [0.25, 0.3) is 0 Å². The van der Waals surface area contributed by atoms with E-state index in [9.17, 15) is 0 Å². The molecule has 0 aromatic carbocycles. The normalized spacial score (nSPS) is 10.9. The number of hydrogen-bond acceptors (Lipinski definition) is 1. The van der Waals surface area contributed by atoms with Crippen LogP contribution in [0, 0.1) is 0 Å². The average Bonchev–Trinajstić information content (AvgIpc) is 1.82. The number of rotatable bonds is 2. The quantitative estimate of drug-likeness (QED) is 0.580. The van der Waals surface area contributed by atoms with Gasteiger partial charge < -0.3 is 5.11 Å². The number of halogens is 3. The van der Waals surface area contributed by atoms with Crippen molar-refractivity contribution >= 4 is 39.1 Å². The minimum Gasteiger partial charge on any atom is -0.507 e. The van der Waals surface area contributed by atoms with E-state index in [-0.39, 0.29) is 10.3 Å². The summed E-state index contributed by atoms with van der Waals surface area (Å²) >= 11 is 13.6. The molecular weight excluding hydrogens is 239 g/mol. The zero-order valence-corrected chi connectivity index (χ0v) is 8.04. The molecule has 0 aliphatic heterocycles. The van der Waals surface area contributed by atoms with Gasteiger partial charge in [-0.3, -0.25) is 0 Å². The molecule has 1 N–H and O–H groups in total. The lowest BCUT2D eigenvalue weighted by Gasteiger charge is -1.90. The summed E-state index contributed by atoms with van der Waals surface area (Å²) in [7, 11) is 0. The summed E-state index contributed by atoms with van der Waals surface area (Å²) in [5, 5.41) is 8.71. The minimum atomic E-state index is -0.0640. The Balaban J connectivity index is 4.19. The van der Waals surface area contributed by atoms with Crippen LogP contribution in [-0.4, -0.2) is 5.11 Å². The van der Waals surface area contributed by atoms with E-state index in [1.807, 2.05) is 0 Å². The summed E-state index contributed by atoms with van der Waals surface area (Å²) in [5.41, 5.74) is 0. The zero-order valence-electron chi connectivity index (χ0n) is 4.94. The van der Waals surface area contributed by atoms with Gasteiger partial charge in [-0.1, -0.05) is 29.8 Å². The van der Waals surface area contributed by atoms with Crippen LogP contribution in [0.5, 0.6) is 0 Å². The summed E-state index contributed by atoms with van der Waals surface area (Å²) < 4.78 is 0.574. The molecule has 4 heteroatoms. The number of aliphatic hydroxyl groups is 1. The Bertz CT molecular complexity index is 192. The van der Waals surface area contributed by atoms with Gasteiger partial charge in [0, 0.05) is 0 Å². The fourth-order valence-corrected chi connectivity index (χ4v) is 0.491. The molecule has 0 aliphatic rings. The van der Waals surface area contributed by atoms with Gasteiger partial charge >= 0.3 is 0 Å². The Kier molecular flexibility index (Phi) is 4.87. The van der Waals surface area contributed by atoms with Gasteiger partial charge in [0.1, 0.15) is 10.3 Å². The first-order valence-corrected chi connectivity index (χ1v) is 3.85. The monoisotopic (exact) mass is 242 g/mol. The minimum absolute atomic E-state index is 0.0640. The van der Waals surface area contributed by atoms with E-state index in [1.54, 1.807) is 0 Å². The Hall–Kier alpha value is 0.0800. The third-order valence-electron chi connectivity index (χ3n) is 0.631. The molecule has 56 valence electrons. The van der Waals surface area contributed by atoms with E-state index in [0.717, 1.165) is 0 Å². The summed E-state index contributed by atoms with van der Waals surface area (Å²) in [6.07, 6.45) is 2.92. The highest BCUT2D eigenvalue weighted by atomic mass is 79.9. The van der Waals surface area contributed by atoms with E-state index in [1.165, 1.54) is 12.2 Å². The Morgan fingerprint density at radius 3 is 2.20 bits per heavy atom. The molecule has 0 fully saturated rings. The van der Waals surface area contributed by atoms with E-state index in [4.69, 9.17) is 28.3 Å². The van der Waals surface area contributed by atoms with Crippen LogP contribution < -0.4 is 0 Å². The highest BCUT2D eigenvalue weighted by molar-refractivity contribution is 9.11. The van der Waals surface area contributed by atoms with Crippen molar-refractivity contribution in [2.24, 2.45) is 0 Å². The van der Waals surface area contributed by atoms with E-state index in [2.05, 4.69) is 22.5 Å². The fourth-order valence-electron chi connectivity index (χ4n) is 0.232. The second-order valence-electron chi connectivity index (χ2n) is 1.42. The molecule has 10 heavy (non-hydrogen) atoms. The van der Waals surface area contributed by atoms with Crippen LogP contribution in [0.4, 0.5) is 0 Å². The molecule has 0 heterocycles. The van der Waals surface area contributed by atoms with Gasteiger partial charge in [0.05, 0.1) is 4.48 Å². The molecule has 0 rings (SSSR count). The maximum atomic E-state index is 8.71. The van der Waals surface area contributed by atoms with Gasteiger partial charge in [0.15, 0.2) is 0 Å². The zero-order chi connectivity index (χ0) is 8.15. The van der Waals surface area contributed by atoms with Crippen LogP contribution in [0.2, 0.25) is 0 Å². The van der Waals surface area contributed by atoms with Gasteiger partial charge in [0.25, 0.3) is 0 Å². The van der Waals surface area contributed by atoms with Crippen LogP contribution in [0.3, 0.4) is 0 Å². The predicted octanol–water partition coefficient (Wildman–Crippen LogP) is 3.66. The van der Waals surface area contributed by atoms with Crippen molar-refractivity contribution in [1.29, 1.82) is 0 Å². The summed E-state index contributed by atoms with van der Waals surface area (Å²) in [6.45, 7) is 3.26. The van der Waals surface area contributed by atoms with Crippen LogP contribution in [0.15, 0.2) is 33.5 Å². The van der Waals surface area contributed by atoms with Crippen molar-refractivity contribution in [1.82, 2.24) is 0 Å². The largest absolute Gasteiger partial charge is 0.507 e. The average molecular weight is 244 g/mol. The molecular formula is C6H5BrCl2O. The smallest absolute Gasteiger partial charge is 0.122 e. The van der Waals surface area contributed by atoms with Gasteiger partial charge in [0.2, 0.25) is 0 Å². The molecule has 0 amide bonds. The summed E-state index contributed by atoms with van der Waals surface area (Å²) in [5.74, 6) is -0.0640. The third kappa shape index (κ3) is 4.91. The standard InChI is InChI=1S/C6H5BrCl2O/c1-4(10)5(7)2-3-6(8)9/h2-3,10H,1H2/b5-2-. The fraction of sp³-hybridized carbons (Fsp3) is 0. The molecule has 0 saturated heterocycles. The number of aliphatic hydroxyl groups excluding tert-OH is 1. The lowest BCUT2D eigenvalue weighted by molar-refractivity contribution is 0.433. The van der Waals surface area contributed by atoms with Crippen molar-refractivity contribution in [2.45, 2.75) is 0 Å². The van der Waals surface area contributed by atoms with Crippen LogP contribution >= 0.6 is 39.1 Å². The molecule has 0 radical (unpaired) electrons. The van der Waals surface area contributed by atoms with Crippen molar-refractivity contribution in [2.75, 3.05) is 0 Å². The lowest BCUT2D eigenvalue weighted by Crippen LogP contribution is -1.73. The number of allylic oxidation sites excluding steroid dienone is 3. The highest BCUT2D eigenvalue weighted by Gasteiger charge is 1.91. The summed E-state index contributed by atoms with van der Waals surface area (Å²) in [4.78, 5) is 0. The molecule has 0 aromatic heterocycles. The maximum Gasteiger partial charge on any atom is 0.122 e. The topological polar surface area (TPSA) is 20.2 Å². The first-order chi connectivity index (χ1) is 4.54. The molecule has 0 saturated carbocycles. The van der Waals surface area contributed by atoms with Crippen molar-refractivity contribution < 1.29 is 5.11 Å². The van der Waals surface area contributed by atoms with Crippen molar-refractivity contribution in [3.63, 3.8) is 0 Å². The molecule has 0 atom stereocenters. The van der Waals surface area contributed by atoms with E-state index in [0.29, 0.717) is 4.48 Å². The van der Waals surface area contributed by atoms with Gasteiger partial charge in [-0.05, 0) is 28.1 Å². The second-order valence-corrected chi connectivity index (χ2v) is 3.28. The lowest BCUT2D eigenvalue weighted by atomic mass is 10.4. The molecule has 0 spiro atoms. The molecule has 0 aromatic rings. The molecule has 0 unspecified atom stereocenters. The van der Waals surface area contributed by atoms with Gasteiger partial charge in [-0.25, -0.2) is 0 Å². The van der Waals surface area contributed by atoms with Crippen molar-refractivity contribution in [3.05, 3.63) is 33.5 Å². The Morgan fingerprint density at radius 2 is 1.90 bits per heavy atom. The Morgan fingerprint density at radius 1 is 1.40 bits per heavy atom. The van der Waals surface area contributed by atoms with E-state index < -0.39 is 0 Å². The predicted molar refractivity (Wildman–Crippen MR) is 48.6 cm³/mol. The van der Waals surface area contributed by atoms with Gasteiger partial charge in [-0.2, -0.15) is 0 Å². The molecule has 0 aliphatic carbocycles. The van der Waals surface area contributed by atoms with Crippen LogP contribution in [-0.2, 0) is 0 Å². The highest BCUT2D eigenvalue weighted by Crippen LogP contribution is 2.14. The van der Waals surface area contributed by atoms with Crippen molar-refractivity contribution in [3.8, 4) is 0 Å². The maximum absolute atomic E-state index is 8.71. The Labute approximate surface area is 77.8 Å². The van der Waals surface area contributed by atoms with Gasteiger partial charge in [-0.15, -0.1) is 0 Å². The molecule has 0 bridgehead atoms. The van der Waals surface area contributed by atoms with E-state index >= 15 is 0 Å². The van der Waals surface area contributed by atoms with Crippen LogP contribution in [0.1, 0.15) is 0 Å². The summed E-state index contributed by atoms with van der Waals surface area (Å²) in [6, 6.07) is 0. The SMILES string of the molecule is C=C(O)/C(Br)=C/C=C(Cl)Cl. The first kappa shape index (κ1) is 10.1. The first-order valence-electron chi connectivity index (χ1n) is 2.30. The second kappa shape index (κ2) is 4.83. The molecule has 1 nitrogen and oxygen atoms in total. The number of hydrogen-bond donors (Lipinski definition) is 1.